The van der Waals surface area contributed by atoms with Gasteiger partial charge in [-0.25, -0.2) is 0 Å². The van der Waals surface area contributed by atoms with Gasteiger partial charge < -0.3 is 10.1 Å². The van der Waals surface area contributed by atoms with E-state index in [1.807, 2.05) is 36.4 Å². The summed E-state index contributed by atoms with van der Waals surface area (Å²) >= 11 is 6.02. The molecule has 2 aromatic rings. The van der Waals surface area contributed by atoms with Gasteiger partial charge in [-0.15, -0.1) is 0 Å². The fraction of sp³-hybridized carbons (Fsp3) is 0.235. The Kier molecular flexibility index (Phi) is 5.23. The van der Waals surface area contributed by atoms with Crippen molar-refractivity contribution in [3.63, 3.8) is 0 Å². The van der Waals surface area contributed by atoms with Crippen LogP contribution >= 0.6 is 11.6 Å². The van der Waals surface area contributed by atoms with Crippen molar-refractivity contribution < 1.29 is 9.53 Å². The summed E-state index contributed by atoms with van der Waals surface area (Å²) in [5.41, 5.74) is 1.91. The average molecular weight is 304 g/mol. The molecule has 0 bridgehead atoms. The van der Waals surface area contributed by atoms with Crippen molar-refractivity contribution in [2.75, 3.05) is 5.32 Å². The molecule has 4 heteroatoms. The molecule has 0 aromatic heterocycles. The average Bonchev–Trinajstić information content (AvgIpc) is 2.50. The Morgan fingerprint density at radius 3 is 2.57 bits per heavy atom. The molecule has 1 unspecified atom stereocenters. The molecule has 0 aliphatic heterocycles. The normalized spacial score (nSPS) is 11.8. The Balaban J connectivity index is 2.05. The maximum Gasteiger partial charge on any atom is 0.265 e. The standard InChI is InChI=1S/C17H18ClNO2/c1-3-13-8-4-6-10-15(13)19-17(20)12(2)21-16-11-7-5-9-14(16)18/h4-12H,3H2,1-2H3,(H,19,20). The van der Waals surface area contributed by atoms with Crippen LogP contribution in [0.3, 0.4) is 0 Å². The molecule has 1 N–H and O–H groups in total. The molecule has 1 atom stereocenters. The van der Waals surface area contributed by atoms with Crippen LogP contribution in [0.25, 0.3) is 0 Å². The number of hydrogen-bond acceptors (Lipinski definition) is 2. The van der Waals surface area contributed by atoms with Gasteiger partial charge in [0.15, 0.2) is 6.10 Å². The Bertz CT molecular complexity index is 628. The fourth-order valence-electron chi connectivity index (χ4n) is 1.97. The molecule has 2 rings (SSSR count). The molecule has 0 saturated carbocycles. The second-order valence-corrected chi connectivity index (χ2v) is 5.10. The lowest BCUT2D eigenvalue weighted by Crippen LogP contribution is -2.30. The lowest BCUT2D eigenvalue weighted by Gasteiger charge is -2.16. The van der Waals surface area contributed by atoms with Gasteiger partial charge in [-0.05, 0) is 37.1 Å². The third kappa shape index (κ3) is 3.99. The predicted octanol–water partition coefficient (Wildman–Crippen LogP) is 4.31. The van der Waals surface area contributed by atoms with Crippen LogP contribution in [0.2, 0.25) is 5.02 Å². The van der Waals surface area contributed by atoms with Gasteiger partial charge >= 0.3 is 0 Å². The highest BCUT2D eigenvalue weighted by Gasteiger charge is 2.16. The first kappa shape index (κ1) is 15.4. The summed E-state index contributed by atoms with van der Waals surface area (Å²) in [7, 11) is 0. The minimum Gasteiger partial charge on any atom is -0.479 e. The SMILES string of the molecule is CCc1ccccc1NC(=O)C(C)Oc1ccccc1Cl. The zero-order valence-electron chi connectivity index (χ0n) is 12.1. The summed E-state index contributed by atoms with van der Waals surface area (Å²) in [5.74, 6) is 0.307. The van der Waals surface area contributed by atoms with Crippen LogP contribution in [0.15, 0.2) is 48.5 Å². The summed E-state index contributed by atoms with van der Waals surface area (Å²) in [6.45, 7) is 3.75. The first-order valence-electron chi connectivity index (χ1n) is 6.91. The van der Waals surface area contributed by atoms with Crippen molar-refractivity contribution in [3.8, 4) is 5.75 Å². The number of aryl methyl sites for hydroxylation is 1. The second-order valence-electron chi connectivity index (χ2n) is 4.69. The fourth-order valence-corrected chi connectivity index (χ4v) is 2.15. The van der Waals surface area contributed by atoms with E-state index in [1.54, 1.807) is 19.1 Å². The molecule has 0 aliphatic carbocycles. The molecule has 1 amide bonds. The van der Waals surface area contributed by atoms with Gasteiger partial charge in [-0.2, -0.15) is 0 Å². The monoisotopic (exact) mass is 303 g/mol. The molecule has 21 heavy (non-hydrogen) atoms. The van der Waals surface area contributed by atoms with Crippen LogP contribution in [0.1, 0.15) is 19.4 Å². The first-order valence-corrected chi connectivity index (χ1v) is 7.29. The largest absolute Gasteiger partial charge is 0.479 e. The van der Waals surface area contributed by atoms with E-state index in [0.717, 1.165) is 17.7 Å². The van der Waals surface area contributed by atoms with Gasteiger partial charge in [0.1, 0.15) is 5.75 Å². The van der Waals surface area contributed by atoms with Crippen LogP contribution in [0.5, 0.6) is 5.75 Å². The molecule has 110 valence electrons. The molecule has 0 saturated heterocycles. The van der Waals surface area contributed by atoms with Crippen molar-refractivity contribution in [2.24, 2.45) is 0 Å². The lowest BCUT2D eigenvalue weighted by molar-refractivity contribution is -0.122. The van der Waals surface area contributed by atoms with Gasteiger partial charge in [-0.1, -0.05) is 48.9 Å². The number of nitrogens with one attached hydrogen (secondary N) is 1. The third-order valence-corrected chi connectivity index (χ3v) is 3.48. The topological polar surface area (TPSA) is 38.3 Å². The summed E-state index contributed by atoms with van der Waals surface area (Å²) in [6.07, 6.45) is 0.228. The van der Waals surface area contributed by atoms with Gasteiger partial charge in [0, 0.05) is 5.69 Å². The molecule has 3 nitrogen and oxygen atoms in total. The van der Waals surface area contributed by atoms with E-state index in [0.29, 0.717) is 10.8 Å². The van der Waals surface area contributed by atoms with Crippen LogP contribution in [0.4, 0.5) is 5.69 Å². The van der Waals surface area contributed by atoms with Gasteiger partial charge in [0.05, 0.1) is 5.02 Å². The Hall–Kier alpha value is -2.00. The van der Waals surface area contributed by atoms with E-state index < -0.39 is 6.10 Å². The third-order valence-electron chi connectivity index (χ3n) is 3.17. The minimum atomic E-state index is -0.630. The molecule has 0 heterocycles. The summed E-state index contributed by atoms with van der Waals surface area (Å²) in [5, 5.41) is 3.39. The number of carbonyl (C=O) groups excluding carboxylic acids is 1. The number of amides is 1. The van der Waals surface area contributed by atoms with Crippen LogP contribution < -0.4 is 10.1 Å². The highest BCUT2D eigenvalue weighted by Crippen LogP contribution is 2.24. The number of halogens is 1. The Morgan fingerprint density at radius 2 is 1.86 bits per heavy atom. The summed E-state index contributed by atoms with van der Waals surface area (Å²) in [6, 6.07) is 14.8. The van der Waals surface area contributed by atoms with Crippen LogP contribution in [-0.4, -0.2) is 12.0 Å². The van der Waals surface area contributed by atoms with Crippen molar-refractivity contribution in [1.82, 2.24) is 0 Å². The smallest absolute Gasteiger partial charge is 0.265 e. The number of carbonyl (C=O) groups is 1. The number of anilines is 1. The highest BCUT2D eigenvalue weighted by molar-refractivity contribution is 6.32. The zero-order chi connectivity index (χ0) is 15.2. The number of hydrogen-bond donors (Lipinski definition) is 1. The molecular weight excluding hydrogens is 286 g/mol. The Labute approximate surface area is 129 Å². The molecule has 0 aliphatic rings. The molecule has 2 aromatic carbocycles. The first-order chi connectivity index (χ1) is 10.1. The Morgan fingerprint density at radius 1 is 1.19 bits per heavy atom. The van der Waals surface area contributed by atoms with E-state index >= 15 is 0 Å². The number of ether oxygens (including phenoxy) is 1. The summed E-state index contributed by atoms with van der Waals surface area (Å²) < 4.78 is 5.61. The van der Waals surface area contributed by atoms with Crippen molar-refractivity contribution in [3.05, 3.63) is 59.1 Å². The quantitative estimate of drug-likeness (QED) is 0.894. The predicted molar refractivity (Wildman–Crippen MR) is 86.0 cm³/mol. The van der Waals surface area contributed by atoms with Gasteiger partial charge in [0.25, 0.3) is 5.91 Å². The van der Waals surface area contributed by atoms with E-state index in [-0.39, 0.29) is 5.91 Å². The maximum absolute atomic E-state index is 12.2. The van der Waals surface area contributed by atoms with Crippen LogP contribution in [0, 0.1) is 0 Å². The van der Waals surface area contributed by atoms with Crippen LogP contribution in [-0.2, 0) is 11.2 Å². The van der Waals surface area contributed by atoms with Gasteiger partial charge in [0.2, 0.25) is 0 Å². The van der Waals surface area contributed by atoms with Crippen molar-refractivity contribution in [2.45, 2.75) is 26.4 Å². The highest BCUT2D eigenvalue weighted by atomic mass is 35.5. The maximum atomic E-state index is 12.2. The molecular formula is C17H18ClNO2. The summed E-state index contributed by atoms with van der Waals surface area (Å²) in [4.78, 5) is 12.2. The van der Waals surface area contributed by atoms with Crippen molar-refractivity contribution in [1.29, 1.82) is 0 Å². The molecule has 0 radical (unpaired) electrons. The lowest BCUT2D eigenvalue weighted by atomic mass is 10.1. The van der Waals surface area contributed by atoms with E-state index in [4.69, 9.17) is 16.3 Å². The number of benzene rings is 2. The van der Waals surface area contributed by atoms with Crippen molar-refractivity contribution >= 4 is 23.2 Å². The second kappa shape index (κ2) is 7.14. The van der Waals surface area contributed by atoms with E-state index in [9.17, 15) is 4.79 Å². The van der Waals surface area contributed by atoms with E-state index in [2.05, 4.69) is 12.2 Å². The minimum absolute atomic E-state index is 0.198. The van der Waals surface area contributed by atoms with Gasteiger partial charge in [-0.3, -0.25) is 4.79 Å². The number of para-hydroxylation sites is 2. The van der Waals surface area contributed by atoms with E-state index in [1.165, 1.54) is 0 Å². The molecule has 0 fully saturated rings. The molecule has 0 spiro atoms. The number of rotatable bonds is 5. The zero-order valence-corrected chi connectivity index (χ0v) is 12.9.